The lowest BCUT2D eigenvalue weighted by Gasteiger charge is -2.29. The molecule has 4 rings (SSSR count). The molecule has 1 aliphatic heterocycles. The van der Waals surface area contributed by atoms with Crippen molar-refractivity contribution in [2.75, 3.05) is 52.4 Å². The Morgan fingerprint density at radius 2 is 1.15 bits per heavy atom. The molecular weight excluding hydrogens is 793 g/mol. The number of carbonyl (C=O) groups excluding carboxylic acids is 6. The summed E-state index contributed by atoms with van der Waals surface area (Å²) in [4.78, 5) is 87.3. The Labute approximate surface area is 363 Å². The van der Waals surface area contributed by atoms with Gasteiger partial charge in [0.15, 0.2) is 5.96 Å². The van der Waals surface area contributed by atoms with Crippen LogP contribution in [-0.4, -0.2) is 128 Å². The van der Waals surface area contributed by atoms with Crippen molar-refractivity contribution in [3.8, 4) is 0 Å². The second-order valence-corrected chi connectivity index (χ2v) is 15.2. The molecule has 0 spiro atoms. The van der Waals surface area contributed by atoms with Crippen LogP contribution in [0.1, 0.15) is 42.9 Å². The first-order valence-corrected chi connectivity index (χ1v) is 21.0. The molecule has 3 aromatic rings. The van der Waals surface area contributed by atoms with Crippen molar-refractivity contribution < 1.29 is 28.8 Å². The van der Waals surface area contributed by atoms with Crippen molar-refractivity contribution >= 4 is 41.4 Å². The van der Waals surface area contributed by atoms with Crippen molar-refractivity contribution in [2.24, 2.45) is 22.2 Å². The zero-order valence-corrected chi connectivity index (χ0v) is 35.4. The van der Waals surface area contributed by atoms with E-state index in [9.17, 15) is 28.8 Å². The minimum absolute atomic E-state index is 0.0665. The summed E-state index contributed by atoms with van der Waals surface area (Å²) < 4.78 is 0. The van der Waals surface area contributed by atoms with E-state index in [0.717, 1.165) is 29.8 Å². The van der Waals surface area contributed by atoms with Gasteiger partial charge in [0.05, 0.1) is 13.1 Å². The van der Waals surface area contributed by atoms with Crippen LogP contribution in [0.4, 0.5) is 0 Å². The highest BCUT2D eigenvalue weighted by Gasteiger charge is 2.31. The number of amides is 6. The monoisotopic (exact) mass is 854 g/mol. The summed E-state index contributed by atoms with van der Waals surface area (Å²) in [5, 5.41) is 15.9. The van der Waals surface area contributed by atoms with E-state index in [1.54, 1.807) is 48.5 Å². The maximum Gasteiger partial charge on any atom is 0.257 e. The number of nitrogens with zero attached hydrogens (tertiary/aromatic N) is 3. The number of guanidine groups is 1. The van der Waals surface area contributed by atoms with Crippen LogP contribution in [0.25, 0.3) is 0 Å². The molecule has 4 atom stereocenters. The van der Waals surface area contributed by atoms with E-state index in [0.29, 0.717) is 25.9 Å². The summed E-state index contributed by atoms with van der Waals surface area (Å²) in [6, 6.07) is 23.0. The Bertz CT molecular complexity index is 1910. The molecule has 62 heavy (non-hydrogen) atoms. The van der Waals surface area contributed by atoms with Gasteiger partial charge in [-0.25, -0.2) is 5.01 Å². The van der Waals surface area contributed by atoms with Gasteiger partial charge >= 0.3 is 0 Å². The summed E-state index contributed by atoms with van der Waals surface area (Å²) in [5.74, 6) is -3.58. The van der Waals surface area contributed by atoms with Crippen LogP contribution < -0.4 is 49.2 Å². The smallest absolute Gasteiger partial charge is 0.257 e. The van der Waals surface area contributed by atoms with Gasteiger partial charge in [0, 0.05) is 58.5 Å². The number of hydrogen-bond acceptors (Lipinski definition) is 10. The first-order chi connectivity index (χ1) is 29.9. The molecule has 0 aliphatic carbocycles. The van der Waals surface area contributed by atoms with Crippen molar-refractivity contribution in [1.82, 2.24) is 41.9 Å². The van der Waals surface area contributed by atoms with Gasteiger partial charge < -0.3 is 43.8 Å². The summed E-state index contributed by atoms with van der Waals surface area (Å²) in [6.07, 6.45) is 1.36. The summed E-state index contributed by atoms with van der Waals surface area (Å²) >= 11 is 0. The average Bonchev–Trinajstić information content (AvgIpc) is 3.25. The molecule has 0 bridgehead atoms. The highest BCUT2D eigenvalue weighted by atomic mass is 16.2. The topological polar surface area (TPSA) is 272 Å². The number of nitrogens with one attached hydrogen (secondary N) is 6. The molecule has 334 valence electrons. The lowest BCUT2D eigenvalue weighted by Crippen LogP contribution is -2.59. The molecule has 1 heterocycles. The van der Waals surface area contributed by atoms with Crippen molar-refractivity contribution in [3.05, 3.63) is 108 Å². The van der Waals surface area contributed by atoms with Gasteiger partial charge in [0.1, 0.15) is 24.2 Å². The minimum Gasteiger partial charge on any atom is -0.370 e. The van der Waals surface area contributed by atoms with E-state index in [1.165, 1.54) is 5.01 Å². The van der Waals surface area contributed by atoms with Crippen LogP contribution in [0, 0.1) is 0 Å². The van der Waals surface area contributed by atoms with Crippen LogP contribution in [0.15, 0.2) is 96.0 Å². The molecular formula is C44H62N12O6. The number of benzene rings is 3. The molecule has 12 N–H and O–H groups in total. The molecule has 18 nitrogen and oxygen atoms in total. The number of piperazine rings is 1. The van der Waals surface area contributed by atoms with E-state index in [-0.39, 0.29) is 63.7 Å². The maximum atomic E-state index is 14.2. The van der Waals surface area contributed by atoms with Gasteiger partial charge in [-0.1, -0.05) is 97.9 Å². The van der Waals surface area contributed by atoms with Crippen LogP contribution in [0.5, 0.6) is 0 Å². The first kappa shape index (κ1) is 48.3. The molecule has 1 aliphatic rings. The molecule has 18 heteroatoms. The van der Waals surface area contributed by atoms with Gasteiger partial charge in [-0.05, 0) is 36.0 Å². The van der Waals surface area contributed by atoms with Gasteiger partial charge in [0.2, 0.25) is 29.5 Å². The van der Waals surface area contributed by atoms with Crippen LogP contribution in [0.2, 0.25) is 0 Å². The number of hydrazine groups is 1. The largest absolute Gasteiger partial charge is 0.370 e. The normalized spacial score (nSPS) is 14.6. The standard InChI is InChI=1S/C44H62N12O6/c1-2-23-56(54-43(62)37(28-33-17-10-5-11-18-33)51-38(57)29-55-24-21-48-22-25-55)30-39(58)50-36(27-32-15-8-4-9-16-32)42(61)52-34(19-12-20-49-44(46)47)41(60)53-35(40(45)59)26-31-13-6-3-7-14-31/h3-11,13-18,34-37,48H,2,12,19-30H2,1H3,(H2,45,59)(H,50,58)(H,51,57)(H,52,61)(H,53,60)(H,54,62)(H4,46,47,49)/t34-,35-,36-,37-/m0/s1. The lowest BCUT2D eigenvalue weighted by atomic mass is 10.0. The first-order valence-electron chi connectivity index (χ1n) is 21.0. The highest BCUT2D eigenvalue weighted by Crippen LogP contribution is 2.09. The van der Waals surface area contributed by atoms with Gasteiger partial charge in [0.25, 0.3) is 5.91 Å². The summed E-state index contributed by atoms with van der Waals surface area (Å²) in [6.45, 7) is 5.12. The van der Waals surface area contributed by atoms with E-state index in [4.69, 9.17) is 17.2 Å². The second-order valence-electron chi connectivity index (χ2n) is 15.2. The molecule has 0 aromatic heterocycles. The molecule has 3 aromatic carbocycles. The minimum atomic E-state index is -1.16. The number of primary amides is 1. The number of nitrogens with two attached hydrogens (primary N) is 3. The zero-order chi connectivity index (χ0) is 44.7. The Morgan fingerprint density at radius 1 is 0.661 bits per heavy atom. The maximum absolute atomic E-state index is 14.2. The third-order valence-electron chi connectivity index (χ3n) is 10.1. The van der Waals surface area contributed by atoms with Gasteiger partial charge in [-0.3, -0.25) is 44.1 Å². The van der Waals surface area contributed by atoms with E-state index < -0.39 is 53.7 Å². The van der Waals surface area contributed by atoms with E-state index >= 15 is 0 Å². The number of hydrogen-bond donors (Lipinski definition) is 9. The molecule has 1 saturated heterocycles. The second kappa shape index (κ2) is 26.1. The van der Waals surface area contributed by atoms with Crippen LogP contribution >= 0.6 is 0 Å². The van der Waals surface area contributed by atoms with E-state index in [1.807, 2.05) is 54.3 Å². The Morgan fingerprint density at radius 3 is 1.66 bits per heavy atom. The fraction of sp³-hybridized carbons (Fsp3) is 0.432. The average molecular weight is 855 g/mol. The van der Waals surface area contributed by atoms with E-state index in [2.05, 4.69) is 37.0 Å². The molecule has 1 fully saturated rings. The van der Waals surface area contributed by atoms with Crippen molar-refractivity contribution in [1.29, 1.82) is 0 Å². The predicted octanol–water partition coefficient (Wildman–Crippen LogP) is -1.16. The Kier molecular flexibility index (Phi) is 20.3. The lowest BCUT2D eigenvalue weighted by molar-refractivity contribution is -0.135. The number of rotatable bonds is 25. The summed E-state index contributed by atoms with van der Waals surface area (Å²) in [7, 11) is 0. The third kappa shape index (κ3) is 17.7. The molecule has 0 radical (unpaired) electrons. The van der Waals surface area contributed by atoms with Gasteiger partial charge in [-0.15, -0.1) is 0 Å². The summed E-state index contributed by atoms with van der Waals surface area (Å²) in [5.41, 5.74) is 21.9. The zero-order valence-electron chi connectivity index (χ0n) is 35.4. The fourth-order valence-electron chi connectivity index (χ4n) is 6.91. The SMILES string of the molecule is CCCN(CC(=O)N[C@@H](Cc1ccccc1)C(=O)N[C@@H](CCCN=C(N)N)C(=O)N[C@@H](Cc1ccccc1)C(N)=O)NC(=O)[C@H](Cc1ccccc1)NC(=O)CN1CCNCC1. The third-order valence-corrected chi connectivity index (χ3v) is 10.1. The molecule has 0 unspecified atom stereocenters. The Balaban J connectivity index is 1.49. The van der Waals surface area contributed by atoms with Crippen LogP contribution in [-0.2, 0) is 48.0 Å². The fourth-order valence-corrected chi connectivity index (χ4v) is 6.91. The molecule has 6 amide bonds. The quantitative estimate of drug-likeness (QED) is 0.0212. The van der Waals surface area contributed by atoms with Gasteiger partial charge in [-0.2, -0.15) is 0 Å². The number of carbonyl (C=O) groups is 6. The number of aliphatic imine (C=N–C) groups is 1. The van der Waals surface area contributed by atoms with Crippen molar-refractivity contribution in [2.45, 2.75) is 69.6 Å². The Hall–Kier alpha value is -6.37. The van der Waals surface area contributed by atoms with Crippen LogP contribution in [0.3, 0.4) is 0 Å². The highest BCUT2D eigenvalue weighted by molar-refractivity contribution is 5.94. The predicted molar refractivity (Wildman–Crippen MR) is 237 cm³/mol. The van der Waals surface area contributed by atoms with Crippen molar-refractivity contribution in [3.63, 3.8) is 0 Å². The molecule has 0 saturated carbocycles.